The molecule has 2 aromatic carbocycles. The molecule has 1 unspecified atom stereocenters. The molecule has 0 saturated carbocycles. The van der Waals surface area contributed by atoms with Gasteiger partial charge in [-0.25, -0.2) is 0 Å². The van der Waals surface area contributed by atoms with E-state index in [4.69, 9.17) is 9.52 Å². The second-order valence-corrected chi connectivity index (χ2v) is 6.08. The van der Waals surface area contributed by atoms with Crippen LogP contribution in [0.1, 0.15) is 35.9 Å². The lowest BCUT2D eigenvalue weighted by molar-refractivity contribution is 0.274. The van der Waals surface area contributed by atoms with Crippen LogP contribution in [0.5, 0.6) is 0 Å². The van der Waals surface area contributed by atoms with Crippen LogP contribution in [0, 0.1) is 6.92 Å². The summed E-state index contributed by atoms with van der Waals surface area (Å²) < 4.78 is 5.78. The Morgan fingerprint density at radius 1 is 1.08 bits per heavy atom. The molecule has 0 radical (unpaired) electrons. The molecule has 0 aliphatic carbocycles. The highest BCUT2D eigenvalue weighted by molar-refractivity contribution is 5.53. The van der Waals surface area contributed by atoms with Gasteiger partial charge in [0.05, 0.1) is 6.54 Å². The molecule has 0 fully saturated rings. The summed E-state index contributed by atoms with van der Waals surface area (Å²) in [5.74, 6) is 1.09. The number of aliphatic hydroxyl groups is 1. The second kappa shape index (κ2) is 8.55. The molecule has 2 N–H and O–H groups in total. The lowest BCUT2D eigenvalue weighted by Gasteiger charge is -2.17. The zero-order chi connectivity index (χ0) is 17.5. The van der Waals surface area contributed by atoms with E-state index in [1.165, 1.54) is 5.56 Å². The van der Waals surface area contributed by atoms with Gasteiger partial charge in [0.15, 0.2) is 0 Å². The van der Waals surface area contributed by atoms with Crippen LogP contribution in [0.2, 0.25) is 0 Å². The van der Waals surface area contributed by atoms with Crippen LogP contribution in [0.15, 0.2) is 59.0 Å². The first kappa shape index (κ1) is 17.3. The van der Waals surface area contributed by atoms with Gasteiger partial charge in [-0.05, 0) is 37.5 Å². The molecule has 1 heterocycles. The smallest absolute Gasteiger partial charge is 0.247 e. The molecule has 5 nitrogen and oxygen atoms in total. The van der Waals surface area contributed by atoms with E-state index in [0.717, 1.165) is 24.0 Å². The van der Waals surface area contributed by atoms with E-state index in [2.05, 4.69) is 27.6 Å². The predicted molar refractivity (Wildman–Crippen MR) is 96.8 cm³/mol. The molecule has 1 aromatic heterocycles. The Hall–Kier alpha value is -2.50. The Labute approximate surface area is 147 Å². The van der Waals surface area contributed by atoms with Gasteiger partial charge in [-0.1, -0.05) is 48.0 Å². The number of hydrogen-bond acceptors (Lipinski definition) is 5. The van der Waals surface area contributed by atoms with Crippen LogP contribution in [0.25, 0.3) is 11.5 Å². The van der Waals surface area contributed by atoms with Gasteiger partial charge < -0.3 is 14.8 Å². The maximum atomic E-state index is 9.13. The van der Waals surface area contributed by atoms with Crippen molar-refractivity contribution in [2.24, 2.45) is 0 Å². The SMILES string of the molecule is Cc1cccc(-c2nnc(CNC(CCCO)c3ccccc3)o2)c1. The third-order valence-electron chi connectivity index (χ3n) is 4.08. The normalized spacial score (nSPS) is 12.2. The maximum Gasteiger partial charge on any atom is 0.247 e. The zero-order valence-corrected chi connectivity index (χ0v) is 14.4. The van der Waals surface area contributed by atoms with Crippen molar-refractivity contribution in [2.45, 2.75) is 32.4 Å². The minimum Gasteiger partial charge on any atom is -0.419 e. The predicted octanol–water partition coefficient (Wildman–Crippen LogP) is 3.65. The molecular weight excluding hydrogens is 314 g/mol. The van der Waals surface area contributed by atoms with Gasteiger partial charge in [0, 0.05) is 18.2 Å². The third kappa shape index (κ3) is 4.75. The van der Waals surface area contributed by atoms with Gasteiger partial charge in [-0.3, -0.25) is 0 Å². The number of nitrogens with zero attached hydrogens (tertiary/aromatic N) is 2. The molecule has 3 aromatic rings. The van der Waals surface area contributed by atoms with E-state index in [1.54, 1.807) is 0 Å². The Kier molecular flexibility index (Phi) is 5.93. The van der Waals surface area contributed by atoms with E-state index < -0.39 is 0 Å². The van der Waals surface area contributed by atoms with E-state index >= 15 is 0 Å². The monoisotopic (exact) mass is 337 g/mol. The summed E-state index contributed by atoms with van der Waals surface area (Å²) in [7, 11) is 0. The molecule has 0 amide bonds. The summed E-state index contributed by atoms with van der Waals surface area (Å²) in [6, 6.07) is 18.4. The molecule has 130 valence electrons. The van der Waals surface area contributed by atoms with E-state index in [-0.39, 0.29) is 12.6 Å². The molecular formula is C20H23N3O2. The average molecular weight is 337 g/mol. The Bertz CT molecular complexity index is 786. The van der Waals surface area contributed by atoms with Gasteiger partial charge in [0.1, 0.15) is 0 Å². The first-order valence-corrected chi connectivity index (χ1v) is 8.55. The van der Waals surface area contributed by atoms with Gasteiger partial charge >= 0.3 is 0 Å². The fraction of sp³-hybridized carbons (Fsp3) is 0.300. The fourth-order valence-corrected chi connectivity index (χ4v) is 2.80. The van der Waals surface area contributed by atoms with Crippen molar-refractivity contribution in [3.63, 3.8) is 0 Å². The van der Waals surface area contributed by atoms with Crippen LogP contribution in [-0.4, -0.2) is 21.9 Å². The van der Waals surface area contributed by atoms with Gasteiger partial charge in [-0.15, -0.1) is 10.2 Å². The van der Waals surface area contributed by atoms with Gasteiger partial charge in [-0.2, -0.15) is 0 Å². The molecule has 0 aliphatic heterocycles. The topological polar surface area (TPSA) is 71.2 Å². The average Bonchev–Trinajstić information content (AvgIpc) is 3.12. The Morgan fingerprint density at radius 2 is 1.92 bits per heavy atom. The summed E-state index contributed by atoms with van der Waals surface area (Å²) in [6.07, 6.45) is 1.59. The van der Waals surface area contributed by atoms with Crippen molar-refractivity contribution < 1.29 is 9.52 Å². The Morgan fingerprint density at radius 3 is 2.68 bits per heavy atom. The lowest BCUT2D eigenvalue weighted by atomic mass is 10.0. The van der Waals surface area contributed by atoms with Crippen molar-refractivity contribution >= 4 is 0 Å². The first-order valence-electron chi connectivity index (χ1n) is 8.55. The third-order valence-corrected chi connectivity index (χ3v) is 4.08. The standard InChI is InChI=1S/C20H23N3O2/c1-15-7-5-10-17(13-15)20-23-22-19(25-20)14-21-18(11-6-12-24)16-8-3-2-4-9-16/h2-5,7-10,13,18,21,24H,6,11-12,14H2,1H3. The number of rotatable bonds is 8. The number of aromatic nitrogens is 2. The molecule has 0 aliphatic rings. The van der Waals surface area contributed by atoms with Crippen LogP contribution in [-0.2, 0) is 6.54 Å². The highest BCUT2D eigenvalue weighted by Crippen LogP contribution is 2.21. The van der Waals surface area contributed by atoms with Crippen LogP contribution < -0.4 is 5.32 Å². The van der Waals surface area contributed by atoms with Crippen molar-refractivity contribution in [2.75, 3.05) is 6.61 Å². The van der Waals surface area contributed by atoms with E-state index in [0.29, 0.717) is 18.3 Å². The quantitative estimate of drug-likeness (QED) is 0.656. The van der Waals surface area contributed by atoms with Gasteiger partial charge in [0.25, 0.3) is 0 Å². The van der Waals surface area contributed by atoms with Crippen molar-refractivity contribution in [1.29, 1.82) is 0 Å². The number of hydrogen-bond donors (Lipinski definition) is 2. The van der Waals surface area contributed by atoms with Crippen molar-refractivity contribution in [1.82, 2.24) is 15.5 Å². The van der Waals surface area contributed by atoms with Crippen molar-refractivity contribution in [3.05, 3.63) is 71.6 Å². The number of aryl methyl sites for hydroxylation is 1. The summed E-state index contributed by atoms with van der Waals surface area (Å²) in [5.41, 5.74) is 3.27. The Balaban J connectivity index is 1.67. The van der Waals surface area contributed by atoms with Crippen LogP contribution in [0.3, 0.4) is 0 Å². The van der Waals surface area contributed by atoms with Crippen LogP contribution >= 0.6 is 0 Å². The summed E-state index contributed by atoms with van der Waals surface area (Å²) in [4.78, 5) is 0. The largest absolute Gasteiger partial charge is 0.419 e. The molecule has 0 spiro atoms. The molecule has 5 heteroatoms. The molecule has 1 atom stereocenters. The first-order chi connectivity index (χ1) is 12.3. The molecule has 25 heavy (non-hydrogen) atoms. The maximum absolute atomic E-state index is 9.13. The van der Waals surface area contributed by atoms with E-state index in [1.807, 2.05) is 49.4 Å². The summed E-state index contributed by atoms with van der Waals surface area (Å²) in [6.45, 7) is 2.71. The second-order valence-electron chi connectivity index (χ2n) is 6.08. The number of nitrogens with one attached hydrogen (secondary N) is 1. The highest BCUT2D eigenvalue weighted by atomic mass is 16.4. The zero-order valence-electron chi connectivity index (χ0n) is 14.4. The minimum atomic E-state index is 0.141. The minimum absolute atomic E-state index is 0.141. The lowest BCUT2D eigenvalue weighted by Crippen LogP contribution is -2.21. The number of benzene rings is 2. The van der Waals surface area contributed by atoms with Crippen molar-refractivity contribution in [3.8, 4) is 11.5 Å². The van der Waals surface area contributed by atoms with E-state index in [9.17, 15) is 0 Å². The van der Waals surface area contributed by atoms with Crippen LogP contribution in [0.4, 0.5) is 0 Å². The summed E-state index contributed by atoms with van der Waals surface area (Å²) in [5, 5.41) is 20.9. The molecule has 3 rings (SSSR count). The highest BCUT2D eigenvalue weighted by Gasteiger charge is 2.13. The summed E-state index contributed by atoms with van der Waals surface area (Å²) >= 11 is 0. The number of aliphatic hydroxyl groups excluding tert-OH is 1. The fourth-order valence-electron chi connectivity index (χ4n) is 2.80. The molecule has 0 bridgehead atoms. The van der Waals surface area contributed by atoms with Gasteiger partial charge in [0.2, 0.25) is 11.8 Å². The molecule has 0 saturated heterocycles.